The second-order valence-electron chi connectivity index (χ2n) is 4.95. The molecule has 0 aliphatic carbocycles. The highest BCUT2D eigenvalue weighted by Gasteiger charge is 2.25. The van der Waals surface area contributed by atoms with Gasteiger partial charge in [0.1, 0.15) is 0 Å². The number of nitrogens with one attached hydrogen (secondary N) is 2. The fraction of sp³-hybridized carbons (Fsp3) is 0.917. The lowest BCUT2D eigenvalue weighted by molar-refractivity contribution is -0.127. The summed E-state index contributed by atoms with van der Waals surface area (Å²) in [5, 5.41) is 6.44. The summed E-state index contributed by atoms with van der Waals surface area (Å²) in [6.45, 7) is 4.73. The molecule has 0 spiro atoms. The van der Waals surface area contributed by atoms with Gasteiger partial charge in [0.2, 0.25) is 5.91 Å². The predicted octanol–water partition coefficient (Wildman–Crippen LogP) is 0.670. The Morgan fingerprint density at radius 1 is 1.44 bits per heavy atom. The van der Waals surface area contributed by atoms with Gasteiger partial charge in [-0.25, -0.2) is 0 Å². The van der Waals surface area contributed by atoms with Gasteiger partial charge >= 0.3 is 0 Å². The van der Waals surface area contributed by atoms with E-state index in [4.69, 9.17) is 4.74 Å². The largest absolute Gasteiger partial charge is 0.378 e. The second-order valence-corrected chi connectivity index (χ2v) is 4.95. The Balaban J connectivity index is 1.77. The minimum atomic E-state index is 0.173. The van der Waals surface area contributed by atoms with Crippen LogP contribution in [0, 0.1) is 5.92 Å². The third-order valence-electron chi connectivity index (χ3n) is 3.50. The van der Waals surface area contributed by atoms with Crippen LogP contribution in [0.25, 0.3) is 0 Å². The monoisotopic (exact) mass is 226 g/mol. The molecule has 4 nitrogen and oxygen atoms in total. The molecule has 0 aromatic rings. The summed E-state index contributed by atoms with van der Waals surface area (Å²) in [7, 11) is 0. The maximum absolute atomic E-state index is 12.0. The standard InChI is InChI=1S/C12H22N2O2/c1-9-7-11(4-6-16-9)14-12(15)10-3-2-5-13-8-10/h9-11,13H,2-8H2,1H3,(H,14,15)/t9?,10-,11?/m0/s1. The first-order valence-corrected chi connectivity index (χ1v) is 6.38. The lowest BCUT2D eigenvalue weighted by atomic mass is 9.97. The van der Waals surface area contributed by atoms with E-state index in [0.29, 0.717) is 6.04 Å². The summed E-state index contributed by atoms with van der Waals surface area (Å²) in [6, 6.07) is 0.318. The number of piperidine rings is 1. The first-order chi connectivity index (χ1) is 7.75. The normalized spacial score (nSPS) is 35.7. The number of carbonyl (C=O) groups is 1. The highest BCUT2D eigenvalue weighted by molar-refractivity contribution is 5.79. The summed E-state index contributed by atoms with van der Waals surface area (Å²) in [5.74, 6) is 0.401. The molecule has 2 saturated heterocycles. The van der Waals surface area contributed by atoms with Crippen LogP contribution in [0.3, 0.4) is 0 Å². The van der Waals surface area contributed by atoms with E-state index in [-0.39, 0.29) is 17.9 Å². The molecule has 0 saturated carbocycles. The van der Waals surface area contributed by atoms with Crippen molar-refractivity contribution in [3.05, 3.63) is 0 Å². The molecule has 2 fully saturated rings. The molecule has 92 valence electrons. The quantitative estimate of drug-likeness (QED) is 0.727. The lowest BCUT2D eigenvalue weighted by Crippen LogP contribution is -2.47. The summed E-state index contributed by atoms with van der Waals surface area (Å²) in [5.41, 5.74) is 0. The molecule has 0 aromatic carbocycles. The van der Waals surface area contributed by atoms with Crippen LogP contribution in [0.1, 0.15) is 32.6 Å². The van der Waals surface area contributed by atoms with E-state index >= 15 is 0 Å². The van der Waals surface area contributed by atoms with Gasteiger partial charge in [-0.1, -0.05) is 0 Å². The Labute approximate surface area is 97.1 Å². The molecule has 2 rings (SSSR count). The molecule has 16 heavy (non-hydrogen) atoms. The van der Waals surface area contributed by atoms with Crippen LogP contribution in [0.5, 0.6) is 0 Å². The summed E-state index contributed by atoms with van der Waals surface area (Å²) in [4.78, 5) is 12.0. The van der Waals surface area contributed by atoms with Gasteiger partial charge in [0.25, 0.3) is 0 Å². The van der Waals surface area contributed by atoms with Crippen LogP contribution < -0.4 is 10.6 Å². The minimum absolute atomic E-state index is 0.173. The molecule has 2 aliphatic heterocycles. The van der Waals surface area contributed by atoms with Crippen molar-refractivity contribution in [2.24, 2.45) is 5.92 Å². The fourth-order valence-corrected chi connectivity index (χ4v) is 2.52. The van der Waals surface area contributed by atoms with Crippen molar-refractivity contribution in [1.82, 2.24) is 10.6 Å². The Morgan fingerprint density at radius 3 is 3.00 bits per heavy atom. The van der Waals surface area contributed by atoms with Crippen molar-refractivity contribution in [2.75, 3.05) is 19.7 Å². The summed E-state index contributed by atoms with van der Waals surface area (Å²) in [6.07, 6.45) is 4.32. The van der Waals surface area contributed by atoms with Gasteiger partial charge in [-0.3, -0.25) is 4.79 Å². The van der Waals surface area contributed by atoms with E-state index in [1.165, 1.54) is 0 Å². The smallest absolute Gasteiger partial charge is 0.224 e. The maximum atomic E-state index is 12.0. The van der Waals surface area contributed by atoms with E-state index < -0.39 is 0 Å². The predicted molar refractivity (Wildman–Crippen MR) is 62.2 cm³/mol. The molecule has 4 heteroatoms. The van der Waals surface area contributed by atoms with Crippen molar-refractivity contribution < 1.29 is 9.53 Å². The van der Waals surface area contributed by atoms with E-state index in [2.05, 4.69) is 17.6 Å². The molecule has 0 aromatic heterocycles. The number of hydrogen-bond donors (Lipinski definition) is 2. The molecule has 1 amide bonds. The van der Waals surface area contributed by atoms with Crippen molar-refractivity contribution in [3.63, 3.8) is 0 Å². The van der Waals surface area contributed by atoms with Gasteiger partial charge in [0.05, 0.1) is 12.0 Å². The lowest BCUT2D eigenvalue weighted by Gasteiger charge is -2.30. The molecule has 2 unspecified atom stereocenters. The van der Waals surface area contributed by atoms with Gasteiger partial charge in [0.15, 0.2) is 0 Å². The molecule has 0 bridgehead atoms. The zero-order valence-electron chi connectivity index (χ0n) is 10.00. The topological polar surface area (TPSA) is 50.4 Å². The summed E-state index contributed by atoms with van der Waals surface area (Å²) >= 11 is 0. The highest BCUT2D eigenvalue weighted by atomic mass is 16.5. The molecule has 2 N–H and O–H groups in total. The minimum Gasteiger partial charge on any atom is -0.378 e. The van der Waals surface area contributed by atoms with Crippen molar-refractivity contribution in [2.45, 2.75) is 44.8 Å². The van der Waals surface area contributed by atoms with Gasteiger partial charge in [-0.15, -0.1) is 0 Å². The summed E-state index contributed by atoms with van der Waals surface area (Å²) < 4.78 is 5.47. The molecule has 3 atom stereocenters. The SMILES string of the molecule is CC1CC(NC(=O)[C@H]2CCCNC2)CCO1. The van der Waals surface area contributed by atoms with Crippen LogP contribution in [-0.4, -0.2) is 37.7 Å². The number of amides is 1. The second kappa shape index (κ2) is 5.64. The van der Waals surface area contributed by atoms with E-state index in [0.717, 1.165) is 45.4 Å². The van der Waals surface area contributed by atoms with Crippen molar-refractivity contribution >= 4 is 5.91 Å². The number of hydrogen-bond acceptors (Lipinski definition) is 3. The van der Waals surface area contributed by atoms with Gasteiger partial charge < -0.3 is 15.4 Å². The van der Waals surface area contributed by atoms with Gasteiger partial charge in [-0.2, -0.15) is 0 Å². The van der Waals surface area contributed by atoms with Gasteiger partial charge in [0, 0.05) is 19.2 Å². The molecular weight excluding hydrogens is 204 g/mol. The number of ether oxygens (including phenoxy) is 1. The third-order valence-corrected chi connectivity index (χ3v) is 3.50. The molecule has 2 aliphatic rings. The number of rotatable bonds is 2. The van der Waals surface area contributed by atoms with E-state index in [9.17, 15) is 4.79 Å². The Hall–Kier alpha value is -0.610. The van der Waals surface area contributed by atoms with Crippen molar-refractivity contribution in [1.29, 1.82) is 0 Å². The zero-order chi connectivity index (χ0) is 11.4. The first kappa shape index (κ1) is 11.9. The van der Waals surface area contributed by atoms with Crippen LogP contribution in [0.15, 0.2) is 0 Å². The van der Waals surface area contributed by atoms with Crippen LogP contribution >= 0.6 is 0 Å². The molecule has 2 heterocycles. The molecule has 0 radical (unpaired) electrons. The highest BCUT2D eigenvalue weighted by Crippen LogP contribution is 2.15. The van der Waals surface area contributed by atoms with Crippen LogP contribution in [0.2, 0.25) is 0 Å². The Kier molecular flexibility index (Phi) is 4.18. The zero-order valence-corrected chi connectivity index (χ0v) is 10.00. The van der Waals surface area contributed by atoms with Crippen LogP contribution in [0.4, 0.5) is 0 Å². The Morgan fingerprint density at radius 2 is 2.31 bits per heavy atom. The van der Waals surface area contributed by atoms with E-state index in [1.807, 2.05) is 0 Å². The average molecular weight is 226 g/mol. The van der Waals surface area contributed by atoms with Gasteiger partial charge in [-0.05, 0) is 39.2 Å². The molecular formula is C12H22N2O2. The third kappa shape index (κ3) is 3.19. The van der Waals surface area contributed by atoms with E-state index in [1.54, 1.807) is 0 Å². The Bertz CT molecular complexity index is 239. The fourth-order valence-electron chi connectivity index (χ4n) is 2.52. The van der Waals surface area contributed by atoms with Crippen molar-refractivity contribution in [3.8, 4) is 0 Å². The average Bonchev–Trinajstić information content (AvgIpc) is 2.30. The maximum Gasteiger partial charge on any atom is 0.224 e. The number of carbonyl (C=O) groups excluding carboxylic acids is 1. The van der Waals surface area contributed by atoms with Crippen LogP contribution in [-0.2, 0) is 9.53 Å². The first-order valence-electron chi connectivity index (χ1n) is 6.38.